The van der Waals surface area contributed by atoms with E-state index >= 15 is 0 Å². The Hall–Kier alpha value is -2.53. The number of nitriles is 1. The maximum absolute atomic E-state index is 12.4. The highest BCUT2D eigenvalue weighted by Gasteiger charge is 2.20. The second-order valence-corrected chi connectivity index (χ2v) is 6.91. The lowest BCUT2D eigenvalue weighted by atomic mass is 10.1. The third kappa shape index (κ3) is 6.00. The molecule has 144 valence electrons. The van der Waals surface area contributed by atoms with Gasteiger partial charge in [0.25, 0.3) is 5.91 Å². The summed E-state index contributed by atoms with van der Waals surface area (Å²) in [6.07, 6.45) is 5.49. The zero-order valence-electron chi connectivity index (χ0n) is 15.0. The summed E-state index contributed by atoms with van der Waals surface area (Å²) in [5.41, 5.74) is 0.545. The second kappa shape index (κ2) is 9.97. The highest BCUT2D eigenvalue weighted by atomic mass is 79.9. The monoisotopic (exact) mass is 436 g/mol. The molecule has 27 heavy (non-hydrogen) atoms. The van der Waals surface area contributed by atoms with Crippen LogP contribution in [0.25, 0.3) is 6.08 Å². The van der Waals surface area contributed by atoms with E-state index in [9.17, 15) is 14.9 Å². The molecule has 0 saturated heterocycles. The van der Waals surface area contributed by atoms with E-state index in [1.165, 1.54) is 6.08 Å². The summed E-state index contributed by atoms with van der Waals surface area (Å²) in [5.74, 6) is -0.910. The Labute approximate surface area is 166 Å². The minimum Gasteiger partial charge on any atom is -0.490 e. The van der Waals surface area contributed by atoms with Crippen LogP contribution in [0.2, 0.25) is 0 Å². The van der Waals surface area contributed by atoms with Gasteiger partial charge in [0.05, 0.1) is 6.61 Å². The van der Waals surface area contributed by atoms with Crippen LogP contribution >= 0.6 is 15.9 Å². The van der Waals surface area contributed by atoms with E-state index in [1.807, 2.05) is 6.07 Å². The van der Waals surface area contributed by atoms with Gasteiger partial charge in [0.1, 0.15) is 11.6 Å². The van der Waals surface area contributed by atoms with Gasteiger partial charge in [-0.05, 0) is 43.5 Å². The first-order chi connectivity index (χ1) is 12.9. The van der Waals surface area contributed by atoms with Crippen molar-refractivity contribution >= 4 is 33.9 Å². The van der Waals surface area contributed by atoms with Crippen LogP contribution < -0.4 is 14.8 Å². The predicted molar refractivity (Wildman–Crippen MR) is 102 cm³/mol. The van der Waals surface area contributed by atoms with Gasteiger partial charge in [-0.25, -0.2) is 4.79 Å². The van der Waals surface area contributed by atoms with E-state index in [0.717, 1.165) is 25.7 Å². The normalized spacial score (nSPS) is 14.5. The number of carboxylic acid groups (broad SMARTS) is 1. The zero-order valence-corrected chi connectivity index (χ0v) is 16.5. The molecule has 1 saturated carbocycles. The maximum Gasteiger partial charge on any atom is 0.341 e. The van der Waals surface area contributed by atoms with Crippen molar-refractivity contribution in [3.63, 3.8) is 0 Å². The van der Waals surface area contributed by atoms with E-state index in [-0.39, 0.29) is 17.4 Å². The van der Waals surface area contributed by atoms with E-state index < -0.39 is 18.5 Å². The molecule has 0 aliphatic heterocycles. The third-order valence-electron chi connectivity index (χ3n) is 4.07. The van der Waals surface area contributed by atoms with E-state index in [4.69, 9.17) is 14.6 Å². The Balaban J connectivity index is 2.27. The topological polar surface area (TPSA) is 109 Å². The number of halogens is 1. The van der Waals surface area contributed by atoms with Gasteiger partial charge in [-0.2, -0.15) is 5.26 Å². The first-order valence-electron chi connectivity index (χ1n) is 8.68. The number of aliphatic carboxylic acids is 1. The van der Waals surface area contributed by atoms with Crippen LogP contribution in [0.1, 0.15) is 38.2 Å². The molecule has 7 nitrogen and oxygen atoms in total. The first-order valence-corrected chi connectivity index (χ1v) is 9.47. The summed E-state index contributed by atoms with van der Waals surface area (Å²) in [7, 11) is 0. The number of nitrogens with zero attached hydrogens (tertiary/aromatic N) is 1. The van der Waals surface area contributed by atoms with Gasteiger partial charge in [0.2, 0.25) is 0 Å². The number of nitrogens with one attached hydrogen (secondary N) is 1. The number of hydrogen-bond donors (Lipinski definition) is 2. The van der Waals surface area contributed by atoms with Crippen molar-refractivity contribution in [2.24, 2.45) is 0 Å². The summed E-state index contributed by atoms with van der Waals surface area (Å²) < 4.78 is 11.3. The van der Waals surface area contributed by atoms with Crippen molar-refractivity contribution in [2.75, 3.05) is 13.2 Å². The molecule has 2 rings (SSSR count). The number of ether oxygens (including phenoxy) is 2. The lowest BCUT2D eigenvalue weighted by Crippen LogP contribution is -2.33. The number of benzene rings is 1. The van der Waals surface area contributed by atoms with Crippen molar-refractivity contribution in [3.8, 4) is 17.6 Å². The van der Waals surface area contributed by atoms with Crippen LogP contribution in [0.3, 0.4) is 0 Å². The molecule has 0 radical (unpaired) electrons. The van der Waals surface area contributed by atoms with Gasteiger partial charge >= 0.3 is 5.97 Å². The molecule has 1 aliphatic carbocycles. The van der Waals surface area contributed by atoms with Crippen LogP contribution in [0.4, 0.5) is 0 Å². The zero-order chi connectivity index (χ0) is 19.8. The third-order valence-corrected chi connectivity index (χ3v) is 4.76. The molecule has 0 unspecified atom stereocenters. The molecule has 1 fully saturated rings. The molecule has 2 N–H and O–H groups in total. The number of hydrogen-bond acceptors (Lipinski definition) is 5. The predicted octanol–water partition coefficient (Wildman–Crippen LogP) is 3.28. The summed E-state index contributed by atoms with van der Waals surface area (Å²) in [6.45, 7) is 1.63. The Bertz CT molecular complexity index is 779. The van der Waals surface area contributed by atoms with Crippen molar-refractivity contribution in [1.29, 1.82) is 5.26 Å². The van der Waals surface area contributed by atoms with Crippen LogP contribution in [0.15, 0.2) is 22.2 Å². The average Bonchev–Trinajstić information content (AvgIpc) is 3.13. The van der Waals surface area contributed by atoms with Gasteiger partial charge in [-0.1, -0.05) is 28.8 Å². The number of carbonyl (C=O) groups excluding carboxylic acids is 1. The molecule has 0 bridgehead atoms. The number of carbonyl (C=O) groups is 2. The summed E-state index contributed by atoms with van der Waals surface area (Å²) in [6, 6.07) is 5.21. The van der Waals surface area contributed by atoms with Gasteiger partial charge in [0.15, 0.2) is 18.1 Å². The minimum atomic E-state index is -1.10. The molecule has 0 heterocycles. The van der Waals surface area contributed by atoms with Gasteiger partial charge in [-0.3, -0.25) is 4.79 Å². The van der Waals surface area contributed by atoms with Crippen molar-refractivity contribution in [1.82, 2.24) is 5.32 Å². The average molecular weight is 437 g/mol. The molecule has 1 aromatic rings. The maximum atomic E-state index is 12.4. The summed E-state index contributed by atoms with van der Waals surface area (Å²) in [5, 5.41) is 21.0. The van der Waals surface area contributed by atoms with Gasteiger partial charge in [0, 0.05) is 10.5 Å². The number of rotatable bonds is 8. The highest BCUT2D eigenvalue weighted by Crippen LogP contribution is 2.35. The van der Waals surface area contributed by atoms with Crippen LogP contribution in [-0.4, -0.2) is 36.2 Å². The lowest BCUT2D eigenvalue weighted by molar-refractivity contribution is -0.139. The molecule has 8 heteroatoms. The summed E-state index contributed by atoms with van der Waals surface area (Å²) >= 11 is 3.37. The van der Waals surface area contributed by atoms with Crippen LogP contribution in [0.5, 0.6) is 11.5 Å². The van der Waals surface area contributed by atoms with E-state index in [1.54, 1.807) is 19.1 Å². The number of amides is 1. The fourth-order valence-electron chi connectivity index (χ4n) is 2.82. The second-order valence-electron chi connectivity index (χ2n) is 6.06. The van der Waals surface area contributed by atoms with Gasteiger partial charge < -0.3 is 19.9 Å². The van der Waals surface area contributed by atoms with E-state index in [2.05, 4.69) is 21.2 Å². The SMILES string of the molecule is CCOc1cc(/C=C(/C#N)C(=O)NC2CCCC2)c(Br)cc1OCC(=O)O. The fraction of sp³-hybridized carbons (Fsp3) is 0.421. The Morgan fingerprint density at radius 2 is 2.00 bits per heavy atom. The fourth-order valence-corrected chi connectivity index (χ4v) is 3.26. The van der Waals surface area contributed by atoms with Gasteiger partial charge in [-0.15, -0.1) is 0 Å². The summed E-state index contributed by atoms with van der Waals surface area (Å²) in [4.78, 5) is 23.1. The number of carboxylic acids is 1. The van der Waals surface area contributed by atoms with Crippen LogP contribution in [0, 0.1) is 11.3 Å². The first kappa shape index (κ1) is 20.8. The minimum absolute atomic E-state index is 0.00995. The van der Waals surface area contributed by atoms with Crippen molar-refractivity contribution in [3.05, 3.63) is 27.7 Å². The molecular formula is C19H21BrN2O5. The molecule has 1 amide bonds. The van der Waals surface area contributed by atoms with Crippen LogP contribution in [-0.2, 0) is 9.59 Å². The molecular weight excluding hydrogens is 416 g/mol. The lowest BCUT2D eigenvalue weighted by Gasteiger charge is -2.14. The van der Waals surface area contributed by atoms with E-state index in [0.29, 0.717) is 22.4 Å². The standard InChI is InChI=1S/C19H21BrN2O5/c1-2-26-16-8-12(15(20)9-17(16)27-11-18(23)24)7-13(10-21)19(25)22-14-5-3-4-6-14/h7-9,14H,2-6,11H2,1H3,(H,22,25)(H,23,24)/b13-7-. The Morgan fingerprint density at radius 1 is 1.33 bits per heavy atom. The molecule has 0 spiro atoms. The van der Waals surface area contributed by atoms with Crippen molar-refractivity contribution in [2.45, 2.75) is 38.6 Å². The molecule has 1 aliphatic rings. The Kier molecular flexibility index (Phi) is 7.67. The Morgan fingerprint density at radius 3 is 2.59 bits per heavy atom. The highest BCUT2D eigenvalue weighted by molar-refractivity contribution is 9.10. The molecule has 1 aromatic carbocycles. The smallest absolute Gasteiger partial charge is 0.341 e. The molecule has 0 aromatic heterocycles. The van der Waals surface area contributed by atoms with Crippen molar-refractivity contribution < 1.29 is 24.2 Å². The molecule has 0 atom stereocenters. The quantitative estimate of drug-likeness (QED) is 0.477. The largest absolute Gasteiger partial charge is 0.490 e.